The molecule has 29 heavy (non-hydrogen) atoms. The van der Waals surface area contributed by atoms with Gasteiger partial charge in [0.25, 0.3) is 5.91 Å². The van der Waals surface area contributed by atoms with E-state index in [-0.39, 0.29) is 23.6 Å². The van der Waals surface area contributed by atoms with E-state index in [9.17, 15) is 13.2 Å². The van der Waals surface area contributed by atoms with E-state index in [1.165, 1.54) is 0 Å². The number of imidazole rings is 1. The van der Waals surface area contributed by atoms with Crippen molar-refractivity contribution in [2.24, 2.45) is 0 Å². The first-order valence-electron chi connectivity index (χ1n) is 9.74. The van der Waals surface area contributed by atoms with E-state index < -0.39 is 9.84 Å². The van der Waals surface area contributed by atoms with Crippen LogP contribution in [0, 0.1) is 0 Å². The number of hydrogen-bond acceptors (Lipinski definition) is 5. The van der Waals surface area contributed by atoms with Crippen LogP contribution >= 0.6 is 0 Å². The zero-order valence-electron chi connectivity index (χ0n) is 16.2. The highest BCUT2D eigenvalue weighted by Gasteiger charge is 2.36. The second kappa shape index (κ2) is 6.59. The van der Waals surface area contributed by atoms with E-state index in [1.54, 1.807) is 6.33 Å². The van der Waals surface area contributed by atoms with Crippen LogP contribution in [0.2, 0.25) is 0 Å². The number of sulfone groups is 1. The first kappa shape index (κ1) is 18.2. The summed E-state index contributed by atoms with van der Waals surface area (Å²) in [6.45, 7) is 3.38. The summed E-state index contributed by atoms with van der Waals surface area (Å²) in [7, 11) is -2.97. The molecule has 7 nitrogen and oxygen atoms in total. The maximum absolute atomic E-state index is 13.4. The Kier molecular flexibility index (Phi) is 4.13. The first-order valence-corrected chi connectivity index (χ1v) is 11.6. The zero-order valence-corrected chi connectivity index (χ0v) is 17.0. The van der Waals surface area contributed by atoms with Crippen molar-refractivity contribution in [3.63, 3.8) is 0 Å². The lowest BCUT2D eigenvalue weighted by molar-refractivity contribution is 0.0649. The Morgan fingerprint density at radius 1 is 1.03 bits per heavy atom. The molecule has 2 aromatic carbocycles. The summed E-state index contributed by atoms with van der Waals surface area (Å²) in [6.07, 6.45) is 1.60. The minimum Gasteiger partial charge on any atom is -0.369 e. The summed E-state index contributed by atoms with van der Waals surface area (Å²) >= 11 is 0. The van der Waals surface area contributed by atoms with Gasteiger partial charge >= 0.3 is 0 Å². The Hall–Kier alpha value is -2.87. The molecule has 1 unspecified atom stereocenters. The lowest BCUT2D eigenvalue weighted by atomic mass is 10.1. The molecule has 0 N–H and O–H groups in total. The molecule has 1 aromatic heterocycles. The normalized spacial score (nSPS) is 19.6. The van der Waals surface area contributed by atoms with Gasteiger partial charge in [-0.05, 0) is 30.7 Å². The highest BCUT2D eigenvalue weighted by molar-refractivity contribution is 7.91. The molecule has 1 amide bonds. The van der Waals surface area contributed by atoms with Crippen LogP contribution in [0.25, 0.3) is 11.0 Å². The van der Waals surface area contributed by atoms with E-state index in [2.05, 4.69) is 4.98 Å². The predicted octanol–water partition coefficient (Wildman–Crippen LogP) is 2.45. The van der Waals surface area contributed by atoms with Gasteiger partial charge in [0.1, 0.15) is 6.17 Å². The molecule has 3 aromatic rings. The predicted molar refractivity (Wildman–Crippen MR) is 112 cm³/mol. The molecule has 0 aliphatic carbocycles. The fourth-order valence-corrected chi connectivity index (χ4v) is 5.51. The molecule has 3 heterocycles. The van der Waals surface area contributed by atoms with Crippen LogP contribution in [0.1, 0.15) is 29.0 Å². The third-order valence-electron chi connectivity index (χ3n) is 5.96. The van der Waals surface area contributed by atoms with Crippen LogP contribution in [0.3, 0.4) is 0 Å². The highest BCUT2D eigenvalue weighted by atomic mass is 32.2. The molecule has 2 aliphatic heterocycles. The highest BCUT2D eigenvalue weighted by Crippen LogP contribution is 2.36. The van der Waals surface area contributed by atoms with Crippen LogP contribution < -0.4 is 4.90 Å². The summed E-state index contributed by atoms with van der Waals surface area (Å²) in [5, 5.41) is 0. The summed E-state index contributed by atoms with van der Waals surface area (Å²) in [6, 6.07) is 13.7. The van der Waals surface area contributed by atoms with Crippen LogP contribution in [0.4, 0.5) is 5.69 Å². The Morgan fingerprint density at radius 2 is 1.79 bits per heavy atom. The van der Waals surface area contributed by atoms with Gasteiger partial charge in [0, 0.05) is 25.3 Å². The topological polar surface area (TPSA) is 75.5 Å². The number of carbonyl (C=O) groups excluding carboxylic acids is 1. The minimum absolute atomic E-state index is 0.0192. The number of fused-ring (bicyclic) bond motifs is 2. The maximum atomic E-state index is 13.4. The number of rotatable bonds is 3. The van der Waals surface area contributed by atoms with Gasteiger partial charge in [0.15, 0.2) is 9.84 Å². The number of benzene rings is 2. The summed E-state index contributed by atoms with van der Waals surface area (Å²) in [4.78, 5) is 21.7. The Labute approximate surface area is 169 Å². The SMILES string of the molecule is CC(N1Cc2cccc(N3CCS(=O)(=O)CC3)c2C1=O)n1cnc2ccccc21. The average Bonchev–Trinajstić information content (AvgIpc) is 3.29. The quantitative estimate of drug-likeness (QED) is 0.663. The number of hydrogen-bond donors (Lipinski definition) is 0. The fraction of sp³-hybridized carbons (Fsp3) is 0.333. The van der Waals surface area contributed by atoms with Crippen molar-refractivity contribution >= 4 is 32.5 Å². The average molecular weight is 410 g/mol. The van der Waals surface area contributed by atoms with Gasteiger partial charge in [-0.3, -0.25) is 4.79 Å². The third kappa shape index (κ3) is 2.98. The van der Waals surface area contributed by atoms with E-state index in [0.29, 0.717) is 25.2 Å². The molecule has 8 heteroatoms. The van der Waals surface area contributed by atoms with Crippen LogP contribution in [-0.4, -0.2) is 53.4 Å². The lowest BCUT2D eigenvalue weighted by Crippen LogP contribution is -2.41. The van der Waals surface area contributed by atoms with Crippen LogP contribution in [-0.2, 0) is 16.4 Å². The third-order valence-corrected chi connectivity index (χ3v) is 7.57. The molecule has 2 aliphatic rings. The first-order chi connectivity index (χ1) is 13.9. The monoisotopic (exact) mass is 410 g/mol. The van der Waals surface area contributed by atoms with Gasteiger partial charge in [0.05, 0.1) is 34.4 Å². The van der Waals surface area contributed by atoms with Crippen molar-refractivity contribution in [3.05, 3.63) is 59.9 Å². The summed E-state index contributed by atoms with van der Waals surface area (Å²) in [5.41, 5.74) is 4.41. The van der Waals surface area contributed by atoms with E-state index >= 15 is 0 Å². The largest absolute Gasteiger partial charge is 0.369 e. The summed E-state index contributed by atoms with van der Waals surface area (Å²) in [5.74, 6) is 0.243. The molecule has 0 saturated carbocycles. The van der Waals surface area contributed by atoms with E-state index in [4.69, 9.17) is 0 Å². The number of nitrogens with zero attached hydrogens (tertiary/aromatic N) is 4. The number of carbonyl (C=O) groups is 1. The van der Waals surface area contributed by atoms with Crippen molar-refractivity contribution in [2.75, 3.05) is 29.5 Å². The number of para-hydroxylation sites is 2. The van der Waals surface area contributed by atoms with Gasteiger partial charge < -0.3 is 14.4 Å². The van der Waals surface area contributed by atoms with Crippen molar-refractivity contribution in [2.45, 2.75) is 19.6 Å². The van der Waals surface area contributed by atoms with Crippen molar-refractivity contribution in [1.82, 2.24) is 14.5 Å². The minimum atomic E-state index is -2.97. The molecule has 150 valence electrons. The second-order valence-electron chi connectivity index (χ2n) is 7.66. The Morgan fingerprint density at radius 3 is 2.59 bits per heavy atom. The van der Waals surface area contributed by atoms with Crippen molar-refractivity contribution in [1.29, 1.82) is 0 Å². The molecule has 0 spiro atoms. The molecular formula is C21H22N4O3S. The van der Waals surface area contributed by atoms with Gasteiger partial charge in [0.2, 0.25) is 0 Å². The molecule has 0 radical (unpaired) electrons. The summed E-state index contributed by atoms with van der Waals surface area (Å²) < 4.78 is 25.6. The molecule has 0 bridgehead atoms. The smallest absolute Gasteiger partial charge is 0.258 e. The Bertz CT molecular complexity index is 1200. The number of amides is 1. The van der Waals surface area contributed by atoms with E-state index in [1.807, 2.05) is 63.8 Å². The van der Waals surface area contributed by atoms with E-state index in [0.717, 1.165) is 22.3 Å². The number of aromatic nitrogens is 2. The molecule has 1 fully saturated rings. The van der Waals surface area contributed by atoms with Gasteiger partial charge in [-0.1, -0.05) is 24.3 Å². The van der Waals surface area contributed by atoms with Gasteiger partial charge in [-0.25, -0.2) is 13.4 Å². The standard InChI is InChI=1S/C21H22N4O3S/c1-15(25-14-22-17-6-2-3-7-18(17)25)24-13-16-5-4-8-19(20(16)21(24)26)23-9-11-29(27,28)12-10-23/h2-8,14-15H,9-13H2,1H3. The second-order valence-corrected chi connectivity index (χ2v) is 9.96. The fourth-order valence-electron chi connectivity index (χ4n) is 4.31. The molecule has 1 saturated heterocycles. The van der Waals surface area contributed by atoms with Crippen molar-refractivity contribution < 1.29 is 13.2 Å². The molecule has 1 atom stereocenters. The van der Waals surface area contributed by atoms with Crippen LogP contribution in [0.5, 0.6) is 0 Å². The van der Waals surface area contributed by atoms with Crippen molar-refractivity contribution in [3.8, 4) is 0 Å². The molecule has 5 rings (SSSR count). The lowest BCUT2D eigenvalue weighted by Gasteiger charge is -2.30. The van der Waals surface area contributed by atoms with Crippen LogP contribution in [0.15, 0.2) is 48.8 Å². The zero-order chi connectivity index (χ0) is 20.2. The maximum Gasteiger partial charge on any atom is 0.258 e. The van der Waals surface area contributed by atoms with Gasteiger partial charge in [-0.15, -0.1) is 0 Å². The number of anilines is 1. The Balaban J connectivity index is 1.47. The van der Waals surface area contributed by atoms with Gasteiger partial charge in [-0.2, -0.15) is 0 Å². The molecular weight excluding hydrogens is 388 g/mol.